The molecule has 5 heteroatoms. The van der Waals surface area contributed by atoms with E-state index in [1.54, 1.807) is 24.5 Å². The minimum atomic E-state index is -0.150. The number of halogens is 1. The van der Waals surface area contributed by atoms with Crippen molar-refractivity contribution in [2.45, 2.75) is 13.5 Å². The number of carbonyl (C=O) groups excluding carboxylic acids is 1. The van der Waals surface area contributed by atoms with Crippen LogP contribution in [0.5, 0.6) is 0 Å². The van der Waals surface area contributed by atoms with E-state index >= 15 is 0 Å². The molecule has 2 rings (SSSR count). The molecule has 104 valence electrons. The molecular formula is C15H16ClN3O. The van der Waals surface area contributed by atoms with E-state index in [9.17, 15) is 4.79 Å². The van der Waals surface area contributed by atoms with Gasteiger partial charge in [-0.05, 0) is 24.6 Å². The molecule has 0 saturated carbocycles. The highest BCUT2D eigenvalue weighted by molar-refractivity contribution is 6.31. The molecule has 2 aromatic rings. The van der Waals surface area contributed by atoms with Gasteiger partial charge in [0.05, 0.1) is 17.4 Å². The van der Waals surface area contributed by atoms with Gasteiger partial charge in [0.25, 0.3) is 5.91 Å². The van der Waals surface area contributed by atoms with E-state index in [4.69, 9.17) is 11.6 Å². The summed E-state index contributed by atoms with van der Waals surface area (Å²) in [7, 11) is 0. The van der Waals surface area contributed by atoms with Crippen LogP contribution in [0.4, 0.5) is 5.69 Å². The second-order valence-corrected chi connectivity index (χ2v) is 4.63. The van der Waals surface area contributed by atoms with Gasteiger partial charge in [-0.25, -0.2) is 0 Å². The maximum atomic E-state index is 12.2. The van der Waals surface area contributed by atoms with Crippen LogP contribution in [0.15, 0.2) is 42.7 Å². The number of anilines is 1. The van der Waals surface area contributed by atoms with Crippen molar-refractivity contribution in [1.82, 2.24) is 10.3 Å². The first-order valence-corrected chi connectivity index (χ1v) is 6.79. The molecule has 0 unspecified atom stereocenters. The van der Waals surface area contributed by atoms with E-state index in [1.165, 1.54) is 0 Å². The van der Waals surface area contributed by atoms with Crippen LogP contribution in [0, 0.1) is 0 Å². The number of hydrogen-bond donors (Lipinski definition) is 2. The lowest BCUT2D eigenvalue weighted by molar-refractivity contribution is 0.0951. The second-order valence-electron chi connectivity index (χ2n) is 4.23. The number of benzene rings is 1. The fourth-order valence-corrected chi connectivity index (χ4v) is 2.04. The zero-order valence-electron chi connectivity index (χ0n) is 11.2. The molecule has 0 aliphatic carbocycles. The Balaban J connectivity index is 2.07. The summed E-state index contributed by atoms with van der Waals surface area (Å²) in [5.41, 5.74) is 2.20. The van der Waals surface area contributed by atoms with Crippen molar-refractivity contribution in [3.63, 3.8) is 0 Å². The van der Waals surface area contributed by atoms with Gasteiger partial charge in [-0.2, -0.15) is 0 Å². The van der Waals surface area contributed by atoms with Gasteiger partial charge in [-0.1, -0.05) is 29.8 Å². The number of hydrogen-bond acceptors (Lipinski definition) is 3. The summed E-state index contributed by atoms with van der Waals surface area (Å²) in [4.78, 5) is 16.2. The third kappa shape index (κ3) is 3.48. The molecule has 0 aliphatic rings. The third-order valence-electron chi connectivity index (χ3n) is 2.83. The molecule has 1 heterocycles. The van der Waals surface area contributed by atoms with Crippen molar-refractivity contribution in [2.75, 3.05) is 11.9 Å². The van der Waals surface area contributed by atoms with Gasteiger partial charge >= 0.3 is 0 Å². The van der Waals surface area contributed by atoms with Gasteiger partial charge in [-0.15, -0.1) is 0 Å². The standard InChI is InChI=1S/C15H16ClN3O/c1-2-18-14-10-17-8-7-12(14)15(20)19-9-11-5-3-4-6-13(11)16/h3-8,10,18H,2,9H2,1H3,(H,19,20). The SMILES string of the molecule is CCNc1cnccc1C(=O)NCc1ccccc1Cl. The van der Waals surface area contributed by atoms with E-state index in [2.05, 4.69) is 15.6 Å². The van der Waals surface area contributed by atoms with Crippen LogP contribution in [0.3, 0.4) is 0 Å². The number of rotatable bonds is 5. The molecule has 1 amide bonds. The molecule has 0 atom stereocenters. The Morgan fingerprint density at radius 1 is 1.30 bits per heavy atom. The highest BCUT2D eigenvalue weighted by atomic mass is 35.5. The summed E-state index contributed by atoms with van der Waals surface area (Å²) >= 11 is 6.06. The molecule has 4 nitrogen and oxygen atoms in total. The molecule has 1 aromatic heterocycles. The number of nitrogens with one attached hydrogen (secondary N) is 2. The Morgan fingerprint density at radius 2 is 2.10 bits per heavy atom. The topological polar surface area (TPSA) is 54.0 Å². The van der Waals surface area contributed by atoms with E-state index in [1.807, 2.05) is 25.1 Å². The molecular weight excluding hydrogens is 274 g/mol. The number of aromatic nitrogens is 1. The quantitative estimate of drug-likeness (QED) is 0.889. The van der Waals surface area contributed by atoms with Crippen LogP contribution in [-0.2, 0) is 6.54 Å². The predicted octanol–water partition coefficient (Wildman–Crippen LogP) is 3.10. The zero-order valence-corrected chi connectivity index (χ0v) is 11.9. The van der Waals surface area contributed by atoms with Gasteiger partial charge in [0, 0.05) is 24.3 Å². The number of carbonyl (C=O) groups is 1. The number of nitrogens with zero attached hydrogens (tertiary/aromatic N) is 1. The maximum absolute atomic E-state index is 12.2. The van der Waals surface area contributed by atoms with Gasteiger partial charge in [0.2, 0.25) is 0 Å². The van der Waals surface area contributed by atoms with Crippen LogP contribution in [0.1, 0.15) is 22.8 Å². The van der Waals surface area contributed by atoms with Crippen molar-refractivity contribution in [2.24, 2.45) is 0 Å². The lowest BCUT2D eigenvalue weighted by atomic mass is 10.2. The Labute approximate surface area is 123 Å². The molecule has 1 aromatic carbocycles. The van der Waals surface area contributed by atoms with E-state index in [-0.39, 0.29) is 5.91 Å². The van der Waals surface area contributed by atoms with E-state index in [0.717, 1.165) is 17.8 Å². The van der Waals surface area contributed by atoms with Crippen LogP contribution >= 0.6 is 11.6 Å². The second kappa shape index (κ2) is 6.91. The number of pyridine rings is 1. The monoisotopic (exact) mass is 289 g/mol. The largest absolute Gasteiger partial charge is 0.383 e. The van der Waals surface area contributed by atoms with Gasteiger partial charge in [-0.3, -0.25) is 9.78 Å². The lowest BCUT2D eigenvalue weighted by Gasteiger charge is -2.11. The molecule has 0 saturated heterocycles. The molecule has 0 radical (unpaired) electrons. The average Bonchev–Trinajstić information content (AvgIpc) is 2.47. The minimum absolute atomic E-state index is 0.150. The van der Waals surface area contributed by atoms with Crippen LogP contribution < -0.4 is 10.6 Å². The Morgan fingerprint density at radius 3 is 2.85 bits per heavy atom. The first kappa shape index (κ1) is 14.3. The third-order valence-corrected chi connectivity index (χ3v) is 3.20. The fourth-order valence-electron chi connectivity index (χ4n) is 1.84. The van der Waals surface area contributed by atoms with Gasteiger partial charge < -0.3 is 10.6 Å². The normalized spacial score (nSPS) is 10.1. The Hall–Kier alpha value is -2.07. The van der Waals surface area contributed by atoms with Crippen molar-refractivity contribution < 1.29 is 4.79 Å². The fraction of sp³-hybridized carbons (Fsp3) is 0.200. The summed E-state index contributed by atoms with van der Waals surface area (Å²) in [6, 6.07) is 9.14. The number of amides is 1. The van der Waals surface area contributed by atoms with Crippen LogP contribution in [0.25, 0.3) is 0 Å². The molecule has 20 heavy (non-hydrogen) atoms. The van der Waals surface area contributed by atoms with Crippen LogP contribution in [-0.4, -0.2) is 17.4 Å². The van der Waals surface area contributed by atoms with Crippen molar-refractivity contribution in [1.29, 1.82) is 0 Å². The predicted molar refractivity (Wildman–Crippen MR) is 81.0 cm³/mol. The molecule has 0 aliphatic heterocycles. The summed E-state index contributed by atoms with van der Waals surface area (Å²) in [6.45, 7) is 3.10. The summed E-state index contributed by atoms with van der Waals surface area (Å²) in [5, 5.41) is 6.63. The van der Waals surface area contributed by atoms with E-state index in [0.29, 0.717) is 17.1 Å². The average molecular weight is 290 g/mol. The first-order chi connectivity index (χ1) is 9.72. The summed E-state index contributed by atoms with van der Waals surface area (Å²) < 4.78 is 0. The summed E-state index contributed by atoms with van der Waals surface area (Å²) in [5.74, 6) is -0.150. The Bertz CT molecular complexity index is 601. The van der Waals surface area contributed by atoms with Crippen molar-refractivity contribution in [3.8, 4) is 0 Å². The highest BCUT2D eigenvalue weighted by Gasteiger charge is 2.11. The Kier molecular flexibility index (Phi) is 4.96. The smallest absolute Gasteiger partial charge is 0.253 e. The van der Waals surface area contributed by atoms with Gasteiger partial charge in [0.1, 0.15) is 0 Å². The molecule has 0 fully saturated rings. The summed E-state index contributed by atoms with van der Waals surface area (Å²) in [6.07, 6.45) is 3.25. The van der Waals surface area contributed by atoms with E-state index < -0.39 is 0 Å². The van der Waals surface area contributed by atoms with Gasteiger partial charge in [0.15, 0.2) is 0 Å². The molecule has 2 N–H and O–H groups in total. The van der Waals surface area contributed by atoms with Crippen molar-refractivity contribution in [3.05, 3.63) is 58.9 Å². The zero-order chi connectivity index (χ0) is 14.4. The lowest BCUT2D eigenvalue weighted by Crippen LogP contribution is -2.24. The highest BCUT2D eigenvalue weighted by Crippen LogP contribution is 2.16. The molecule has 0 spiro atoms. The molecule has 0 bridgehead atoms. The van der Waals surface area contributed by atoms with Crippen LogP contribution in [0.2, 0.25) is 5.02 Å². The maximum Gasteiger partial charge on any atom is 0.253 e. The van der Waals surface area contributed by atoms with Crippen molar-refractivity contribution >= 4 is 23.2 Å². The minimum Gasteiger partial charge on any atom is -0.383 e. The first-order valence-electron chi connectivity index (χ1n) is 6.42.